The summed E-state index contributed by atoms with van der Waals surface area (Å²) in [5.74, 6) is 2.01. The highest BCUT2D eigenvalue weighted by Gasteiger charge is 2.24. The molecule has 0 radical (unpaired) electrons. The number of likely N-dealkylation sites (tertiary alicyclic amines) is 1. The Labute approximate surface area is 185 Å². The van der Waals surface area contributed by atoms with E-state index in [1.54, 1.807) is 12.5 Å². The van der Waals surface area contributed by atoms with E-state index in [1.807, 2.05) is 24.3 Å². The van der Waals surface area contributed by atoms with Crippen molar-refractivity contribution in [2.75, 3.05) is 19.6 Å². The number of pyridine rings is 1. The van der Waals surface area contributed by atoms with Crippen molar-refractivity contribution < 1.29 is 9.15 Å². The SMILES string of the molecule is Cc1cc(CNCC(c2ccco2)N2CCCCC2)cc(C)c1OCc1ccccn1. The molecule has 164 valence electrons. The van der Waals surface area contributed by atoms with Crippen LogP contribution in [0.15, 0.2) is 59.3 Å². The molecule has 1 N–H and O–H groups in total. The maximum absolute atomic E-state index is 6.08. The predicted molar refractivity (Wildman–Crippen MR) is 123 cm³/mol. The molecule has 2 aromatic heterocycles. The summed E-state index contributed by atoms with van der Waals surface area (Å²) in [6.07, 6.45) is 7.46. The van der Waals surface area contributed by atoms with Crippen LogP contribution in [0.5, 0.6) is 5.75 Å². The third kappa shape index (κ3) is 5.75. The van der Waals surface area contributed by atoms with E-state index in [4.69, 9.17) is 9.15 Å². The number of benzene rings is 1. The standard InChI is InChI=1S/C26H33N3O2/c1-20-15-22(16-21(2)26(20)31-19-23-9-4-5-11-28-23)17-27-18-24(25-10-8-14-30-25)29-12-6-3-7-13-29/h4-5,8-11,14-16,24,27H,3,6-7,12-13,17-19H2,1-2H3. The van der Waals surface area contributed by atoms with Gasteiger partial charge >= 0.3 is 0 Å². The van der Waals surface area contributed by atoms with E-state index in [1.165, 1.54) is 24.8 Å². The first-order chi connectivity index (χ1) is 15.2. The lowest BCUT2D eigenvalue weighted by molar-refractivity contribution is 0.142. The molecule has 1 aromatic carbocycles. The van der Waals surface area contributed by atoms with Crippen LogP contribution >= 0.6 is 0 Å². The van der Waals surface area contributed by atoms with E-state index < -0.39 is 0 Å². The summed E-state index contributed by atoms with van der Waals surface area (Å²) >= 11 is 0. The van der Waals surface area contributed by atoms with Gasteiger partial charge in [0.2, 0.25) is 0 Å². The number of hydrogen-bond acceptors (Lipinski definition) is 5. The van der Waals surface area contributed by atoms with Gasteiger partial charge in [-0.2, -0.15) is 0 Å². The quantitative estimate of drug-likeness (QED) is 0.517. The van der Waals surface area contributed by atoms with Crippen molar-refractivity contribution in [2.45, 2.75) is 52.3 Å². The summed E-state index contributed by atoms with van der Waals surface area (Å²) in [7, 11) is 0. The number of rotatable bonds is 9. The van der Waals surface area contributed by atoms with Crippen LogP contribution in [-0.2, 0) is 13.2 Å². The lowest BCUT2D eigenvalue weighted by Crippen LogP contribution is -2.38. The molecule has 3 heterocycles. The molecular weight excluding hydrogens is 386 g/mol. The van der Waals surface area contributed by atoms with Gasteiger partial charge in [-0.15, -0.1) is 0 Å². The Bertz CT molecular complexity index is 912. The molecule has 5 heteroatoms. The Morgan fingerprint density at radius 2 is 1.87 bits per heavy atom. The topological polar surface area (TPSA) is 50.5 Å². The largest absolute Gasteiger partial charge is 0.487 e. The van der Waals surface area contributed by atoms with Crippen molar-refractivity contribution in [3.05, 3.63) is 83.1 Å². The minimum absolute atomic E-state index is 0.290. The third-order valence-electron chi connectivity index (χ3n) is 5.98. The lowest BCUT2D eigenvalue weighted by atomic mass is 10.0. The van der Waals surface area contributed by atoms with Gasteiger partial charge in [0, 0.05) is 19.3 Å². The fourth-order valence-electron chi connectivity index (χ4n) is 4.47. The van der Waals surface area contributed by atoms with Crippen molar-refractivity contribution in [1.29, 1.82) is 0 Å². The fraction of sp³-hybridized carbons (Fsp3) is 0.423. The summed E-state index contributed by atoms with van der Waals surface area (Å²) in [5.41, 5.74) is 4.53. The van der Waals surface area contributed by atoms with Gasteiger partial charge in [0.1, 0.15) is 18.1 Å². The van der Waals surface area contributed by atoms with Gasteiger partial charge in [0.25, 0.3) is 0 Å². The summed E-state index contributed by atoms with van der Waals surface area (Å²) in [4.78, 5) is 6.90. The van der Waals surface area contributed by atoms with Crippen LogP contribution in [0.3, 0.4) is 0 Å². The first-order valence-electron chi connectivity index (χ1n) is 11.3. The normalized spacial score (nSPS) is 15.7. The van der Waals surface area contributed by atoms with Crippen LogP contribution in [0.25, 0.3) is 0 Å². The average molecular weight is 420 g/mol. The van der Waals surface area contributed by atoms with Crippen LogP contribution < -0.4 is 10.1 Å². The van der Waals surface area contributed by atoms with Gasteiger partial charge in [0.05, 0.1) is 18.0 Å². The predicted octanol–water partition coefficient (Wildman–Crippen LogP) is 5.19. The zero-order valence-corrected chi connectivity index (χ0v) is 18.6. The highest BCUT2D eigenvalue weighted by molar-refractivity contribution is 5.43. The maximum Gasteiger partial charge on any atom is 0.130 e. The van der Waals surface area contributed by atoms with E-state index in [9.17, 15) is 0 Å². The second kappa shape index (κ2) is 10.6. The monoisotopic (exact) mass is 419 g/mol. The first-order valence-corrected chi connectivity index (χ1v) is 11.3. The molecule has 0 amide bonds. The van der Waals surface area contributed by atoms with E-state index in [-0.39, 0.29) is 0 Å². The smallest absolute Gasteiger partial charge is 0.130 e. The Hall–Kier alpha value is -2.63. The highest BCUT2D eigenvalue weighted by atomic mass is 16.5. The zero-order valence-electron chi connectivity index (χ0n) is 18.6. The van der Waals surface area contributed by atoms with Crippen molar-refractivity contribution in [3.63, 3.8) is 0 Å². The van der Waals surface area contributed by atoms with E-state index in [2.05, 4.69) is 47.2 Å². The Morgan fingerprint density at radius 3 is 2.55 bits per heavy atom. The Kier molecular flexibility index (Phi) is 7.39. The molecule has 1 unspecified atom stereocenters. The second-order valence-corrected chi connectivity index (χ2v) is 8.43. The molecule has 1 aliphatic rings. The zero-order chi connectivity index (χ0) is 21.5. The van der Waals surface area contributed by atoms with Crippen molar-refractivity contribution >= 4 is 0 Å². The third-order valence-corrected chi connectivity index (χ3v) is 5.98. The number of ether oxygens (including phenoxy) is 1. The van der Waals surface area contributed by atoms with Gasteiger partial charge < -0.3 is 14.5 Å². The molecule has 0 aliphatic carbocycles. The molecule has 0 bridgehead atoms. The van der Waals surface area contributed by atoms with Crippen LogP contribution in [-0.4, -0.2) is 29.5 Å². The molecule has 5 nitrogen and oxygen atoms in total. The molecule has 4 rings (SSSR count). The molecular formula is C26H33N3O2. The number of aromatic nitrogens is 1. The minimum Gasteiger partial charge on any atom is -0.487 e. The molecule has 31 heavy (non-hydrogen) atoms. The fourth-order valence-corrected chi connectivity index (χ4v) is 4.47. The average Bonchev–Trinajstić information content (AvgIpc) is 3.32. The van der Waals surface area contributed by atoms with Gasteiger partial charge in [-0.25, -0.2) is 0 Å². The number of furan rings is 1. The molecule has 1 fully saturated rings. The van der Waals surface area contributed by atoms with Crippen LogP contribution in [0.1, 0.15) is 53.4 Å². The highest BCUT2D eigenvalue weighted by Crippen LogP contribution is 2.27. The Morgan fingerprint density at radius 1 is 1.06 bits per heavy atom. The summed E-state index contributed by atoms with van der Waals surface area (Å²) in [6.45, 7) is 8.71. The van der Waals surface area contributed by atoms with E-state index >= 15 is 0 Å². The molecule has 1 saturated heterocycles. The number of nitrogens with one attached hydrogen (secondary N) is 1. The summed E-state index contributed by atoms with van der Waals surface area (Å²) in [5, 5.41) is 3.67. The second-order valence-electron chi connectivity index (χ2n) is 8.43. The number of hydrogen-bond donors (Lipinski definition) is 1. The molecule has 0 saturated carbocycles. The molecule has 0 spiro atoms. The van der Waals surface area contributed by atoms with Crippen molar-refractivity contribution in [1.82, 2.24) is 15.2 Å². The first kappa shape index (κ1) is 21.6. The van der Waals surface area contributed by atoms with Gasteiger partial charge in [-0.3, -0.25) is 9.88 Å². The van der Waals surface area contributed by atoms with Gasteiger partial charge in [0.15, 0.2) is 0 Å². The summed E-state index contributed by atoms with van der Waals surface area (Å²) < 4.78 is 11.8. The summed E-state index contributed by atoms with van der Waals surface area (Å²) in [6, 6.07) is 14.7. The lowest BCUT2D eigenvalue weighted by Gasteiger charge is -2.33. The van der Waals surface area contributed by atoms with Crippen LogP contribution in [0.4, 0.5) is 0 Å². The van der Waals surface area contributed by atoms with Crippen molar-refractivity contribution in [2.24, 2.45) is 0 Å². The van der Waals surface area contributed by atoms with E-state index in [0.29, 0.717) is 12.6 Å². The number of piperidine rings is 1. The molecule has 1 atom stereocenters. The van der Waals surface area contributed by atoms with E-state index in [0.717, 1.165) is 54.5 Å². The number of nitrogens with zero attached hydrogens (tertiary/aromatic N) is 2. The van der Waals surface area contributed by atoms with Gasteiger partial charge in [-0.1, -0.05) is 24.6 Å². The van der Waals surface area contributed by atoms with Crippen molar-refractivity contribution in [3.8, 4) is 5.75 Å². The molecule has 3 aromatic rings. The number of aryl methyl sites for hydroxylation is 2. The van der Waals surface area contributed by atoms with Crippen LogP contribution in [0.2, 0.25) is 0 Å². The van der Waals surface area contributed by atoms with Gasteiger partial charge in [-0.05, 0) is 80.7 Å². The molecule has 1 aliphatic heterocycles. The van der Waals surface area contributed by atoms with Crippen LogP contribution in [0, 0.1) is 13.8 Å². The Balaban J connectivity index is 1.36. The minimum atomic E-state index is 0.290. The maximum atomic E-state index is 6.08.